The van der Waals surface area contributed by atoms with Crippen molar-refractivity contribution in [2.45, 2.75) is 0 Å². The van der Waals surface area contributed by atoms with Gasteiger partial charge in [-0.3, -0.25) is 14.5 Å². The number of likely N-dealkylation sites (N-methyl/N-ethyl adjacent to an activating group) is 1. The zero-order valence-electron chi connectivity index (χ0n) is 16.4. The van der Waals surface area contributed by atoms with E-state index in [0.717, 1.165) is 5.56 Å². The van der Waals surface area contributed by atoms with E-state index in [0.29, 0.717) is 52.6 Å². The van der Waals surface area contributed by atoms with Gasteiger partial charge >= 0.3 is 0 Å². The van der Waals surface area contributed by atoms with Crippen molar-refractivity contribution < 1.29 is 14.3 Å². The number of carbonyl (C=O) groups is 2. The highest BCUT2D eigenvalue weighted by Crippen LogP contribution is 2.34. The average molecular weight is 442 g/mol. The first-order valence-electron chi connectivity index (χ1n) is 9.51. The largest absolute Gasteiger partial charge is 0.378 e. The molecule has 4 rings (SSSR count). The van der Waals surface area contributed by atoms with Crippen LogP contribution in [0.3, 0.4) is 0 Å². The van der Waals surface area contributed by atoms with E-state index in [1.165, 1.54) is 16.7 Å². The molecule has 2 amide bonds. The van der Waals surface area contributed by atoms with Crippen LogP contribution in [0.25, 0.3) is 6.08 Å². The van der Waals surface area contributed by atoms with Gasteiger partial charge in [0, 0.05) is 30.7 Å². The lowest BCUT2D eigenvalue weighted by molar-refractivity contribution is -0.121. The highest BCUT2D eigenvalue weighted by Gasteiger charge is 2.30. The third kappa shape index (κ3) is 4.43. The lowest BCUT2D eigenvalue weighted by atomic mass is 10.1. The zero-order chi connectivity index (χ0) is 21.1. The number of amides is 2. The van der Waals surface area contributed by atoms with Crippen molar-refractivity contribution in [3.05, 3.63) is 69.6 Å². The molecule has 2 aliphatic heterocycles. The number of aliphatic imine (C=N–C) groups is 1. The number of thioether (sulfide) groups is 1. The standard InChI is InChI=1S/C22H20ClN3O3S/c1-25-21(28)19(14-15-5-2-3-8-18(15)23)30-22(25)24-17-7-4-6-16(13-17)20(27)26-9-11-29-12-10-26/h2-8,13-14H,9-12H2,1H3/b19-14+,24-22?. The first kappa shape index (κ1) is 20.7. The fourth-order valence-electron chi connectivity index (χ4n) is 3.15. The maximum Gasteiger partial charge on any atom is 0.266 e. The fourth-order valence-corrected chi connectivity index (χ4v) is 4.32. The van der Waals surface area contributed by atoms with E-state index < -0.39 is 0 Å². The molecule has 6 nitrogen and oxygen atoms in total. The highest BCUT2D eigenvalue weighted by molar-refractivity contribution is 8.18. The molecular formula is C22H20ClN3O3S. The average Bonchev–Trinajstić information content (AvgIpc) is 3.03. The van der Waals surface area contributed by atoms with Gasteiger partial charge in [-0.2, -0.15) is 0 Å². The molecule has 0 radical (unpaired) electrons. The first-order chi connectivity index (χ1) is 14.5. The van der Waals surface area contributed by atoms with Crippen molar-refractivity contribution in [1.29, 1.82) is 0 Å². The molecular weight excluding hydrogens is 422 g/mol. The maximum atomic E-state index is 12.7. The Morgan fingerprint density at radius 1 is 1.17 bits per heavy atom. The van der Waals surface area contributed by atoms with Crippen molar-refractivity contribution in [3.63, 3.8) is 0 Å². The first-order valence-corrected chi connectivity index (χ1v) is 10.7. The number of carbonyl (C=O) groups excluding carboxylic acids is 2. The molecule has 0 saturated carbocycles. The van der Waals surface area contributed by atoms with E-state index in [4.69, 9.17) is 16.3 Å². The Kier molecular flexibility index (Phi) is 6.22. The molecule has 154 valence electrons. The molecule has 0 aliphatic carbocycles. The molecule has 0 aromatic heterocycles. The Morgan fingerprint density at radius 2 is 1.93 bits per heavy atom. The lowest BCUT2D eigenvalue weighted by Gasteiger charge is -2.26. The smallest absolute Gasteiger partial charge is 0.266 e. The van der Waals surface area contributed by atoms with E-state index in [2.05, 4.69) is 4.99 Å². The Labute approximate surface area is 184 Å². The molecule has 2 aromatic carbocycles. The van der Waals surface area contributed by atoms with Gasteiger partial charge in [0.15, 0.2) is 5.17 Å². The molecule has 0 bridgehead atoms. The van der Waals surface area contributed by atoms with E-state index in [9.17, 15) is 9.59 Å². The predicted octanol–water partition coefficient (Wildman–Crippen LogP) is 4.05. The summed E-state index contributed by atoms with van der Waals surface area (Å²) in [6, 6.07) is 14.5. The minimum atomic E-state index is -0.140. The zero-order valence-corrected chi connectivity index (χ0v) is 17.9. The molecule has 0 N–H and O–H groups in total. The number of hydrogen-bond donors (Lipinski definition) is 0. The van der Waals surface area contributed by atoms with Crippen molar-refractivity contribution >= 4 is 52.1 Å². The summed E-state index contributed by atoms with van der Waals surface area (Å²) in [6.45, 7) is 2.28. The predicted molar refractivity (Wildman–Crippen MR) is 120 cm³/mol. The number of amidine groups is 1. The number of morpholine rings is 1. The number of rotatable bonds is 3. The van der Waals surface area contributed by atoms with Gasteiger partial charge in [0.25, 0.3) is 11.8 Å². The lowest BCUT2D eigenvalue weighted by Crippen LogP contribution is -2.40. The Morgan fingerprint density at radius 3 is 2.70 bits per heavy atom. The molecule has 2 aliphatic rings. The number of ether oxygens (including phenoxy) is 1. The molecule has 2 heterocycles. The molecule has 2 saturated heterocycles. The Hall–Kier alpha value is -2.61. The van der Waals surface area contributed by atoms with Crippen LogP contribution in [0, 0.1) is 0 Å². The summed E-state index contributed by atoms with van der Waals surface area (Å²) < 4.78 is 5.31. The van der Waals surface area contributed by atoms with E-state index in [1.807, 2.05) is 24.3 Å². The van der Waals surface area contributed by atoms with Gasteiger partial charge in [-0.05, 0) is 47.7 Å². The van der Waals surface area contributed by atoms with Crippen LogP contribution in [-0.2, 0) is 9.53 Å². The van der Waals surface area contributed by atoms with Crippen LogP contribution < -0.4 is 0 Å². The van der Waals surface area contributed by atoms with Crippen LogP contribution in [0.5, 0.6) is 0 Å². The molecule has 30 heavy (non-hydrogen) atoms. The van der Waals surface area contributed by atoms with Gasteiger partial charge in [-0.1, -0.05) is 35.9 Å². The van der Waals surface area contributed by atoms with Crippen molar-refractivity contribution in [2.75, 3.05) is 33.4 Å². The van der Waals surface area contributed by atoms with Crippen LogP contribution in [0.1, 0.15) is 15.9 Å². The second-order valence-corrected chi connectivity index (χ2v) is 8.26. The monoisotopic (exact) mass is 441 g/mol. The number of nitrogens with zero attached hydrogens (tertiary/aromatic N) is 3. The summed E-state index contributed by atoms with van der Waals surface area (Å²) >= 11 is 7.50. The Bertz CT molecular complexity index is 1050. The molecule has 0 spiro atoms. The fraction of sp³-hybridized carbons (Fsp3) is 0.227. The van der Waals surface area contributed by atoms with Crippen LogP contribution in [0.2, 0.25) is 5.02 Å². The number of hydrogen-bond acceptors (Lipinski definition) is 5. The van der Waals surface area contributed by atoms with Gasteiger partial charge in [-0.15, -0.1) is 0 Å². The summed E-state index contributed by atoms with van der Waals surface area (Å²) in [6.07, 6.45) is 1.77. The molecule has 8 heteroatoms. The van der Waals surface area contributed by atoms with Crippen molar-refractivity contribution in [2.24, 2.45) is 4.99 Å². The minimum Gasteiger partial charge on any atom is -0.378 e. The van der Waals surface area contributed by atoms with Gasteiger partial charge in [0.1, 0.15) is 0 Å². The minimum absolute atomic E-state index is 0.0387. The second kappa shape index (κ2) is 9.04. The molecule has 0 unspecified atom stereocenters. The second-order valence-electron chi connectivity index (χ2n) is 6.85. The van der Waals surface area contributed by atoms with Gasteiger partial charge in [0.2, 0.25) is 0 Å². The molecule has 2 fully saturated rings. The quantitative estimate of drug-likeness (QED) is 0.674. The van der Waals surface area contributed by atoms with Crippen molar-refractivity contribution in [3.8, 4) is 0 Å². The summed E-state index contributed by atoms with van der Waals surface area (Å²) in [5.41, 5.74) is 1.97. The van der Waals surface area contributed by atoms with Crippen LogP contribution >= 0.6 is 23.4 Å². The molecule has 2 aromatic rings. The van der Waals surface area contributed by atoms with Gasteiger partial charge in [-0.25, -0.2) is 4.99 Å². The third-order valence-electron chi connectivity index (χ3n) is 4.81. The van der Waals surface area contributed by atoms with Crippen LogP contribution in [0.15, 0.2) is 58.4 Å². The summed E-state index contributed by atoms with van der Waals surface area (Å²) in [5, 5.41) is 1.13. The summed E-state index contributed by atoms with van der Waals surface area (Å²) in [4.78, 5) is 33.8. The SMILES string of the molecule is CN1C(=O)/C(=C\c2ccccc2Cl)SC1=Nc1cccc(C(=O)N2CCOCC2)c1. The van der Waals surface area contributed by atoms with Crippen molar-refractivity contribution in [1.82, 2.24) is 9.80 Å². The van der Waals surface area contributed by atoms with E-state index in [1.54, 1.807) is 42.3 Å². The van der Waals surface area contributed by atoms with E-state index in [-0.39, 0.29) is 11.8 Å². The van der Waals surface area contributed by atoms with Gasteiger partial charge in [0.05, 0.1) is 23.8 Å². The number of benzene rings is 2. The van der Waals surface area contributed by atoms with Crippen LogP contribution in [0.4, 0.5) is 5.69 Å². The summed E-state index contributed by atoms with van der Waals surface area (Å²) in [5.74, 6) is -0.178. The van der Waals surface area contributed by atoms with Crippen LogP contribution in [-0.4, -0.2) is 60.1 Å². The maximum absolute atomic E-state index is 12.7. The topological polar surface area (TPSA) is 62.2 Å². The summed E-state index contributed by atoms with van der Waals surface area (Å²) in [7, 11) is 1.68. The third-order valence-corrected chi connectivity index (χ3v) is 6.22. The van der Waals surface area contributed by atoms with Gasteiger partial charge < -0.3 is 9.64 Å². The highest BCUT2D eigenvalue weighted by atomic mass is 35.5. The van der Waals surface area contributed by atoms with E-state index >= 15 is 0 Å². The normalized spacial score (nSPS) is 19.7. The molecule has 0 atom stereocenters. The number of halogens is 1. The Balaban J connectivity index is 1.57.